The molecule has 0 aromatic carbocycles. The van der Waals surface area contributed by atoms with E-state index in [1.807, 2.05) is 6.07 Å². The summed E-state index contributed by atoms with van der Waals surface area (Å²) in [7, 11) is 0. The average Bonchev–Trinajstić information content (AvgIpc) is 3.48. The summed E-state index contributed by atoms with van der Waals surface area (Å²) in [5.41, 5.74) is 1.95. The maximum atomic E-state index is 12.8. The molecule has 0 aliphatic carbocycles. The van der Waals surface area contributed by atoms with Crippen LogP contribution in [-0.2, 0) is 16.3 Å². The van der Waals surface area contributed by atoms with Gasteiger partial charge >= 0.3 is 0 Å². The number of thioether (sulfide) groups is 1. The maximum Gasteiger partial charge on any atom is 0.235 e. The van der Waals surface area contributed by atoms with E-state index >= 15 is 0 Å². The summed E-state index contributed by atoms with van der Waals surface area (Å²) in [5, 5.41) is 11.1. The van der Waals surface area contributed by atoms with Crippen molar-refractivity contribution in [3.8, 4) is 5.82 Å². The molecule has 2 aliphatic heterocycles. The van der Waals surface area contributed by atoms with Crippen molar-refractivity contribution in [1.82, 2.24) is 29.9 Å². The molecule has 1 saturated heterocycles. The molecule has 0 spiro atoms. The lowest BCUT2D eigenvalue weighted by atomic mass is 9.97. The summed E-state index contributed by atoms with van der Waals surface area (Å²) >= 11 is 1.78. The standard InChI is InChI=1S/C17H18N8O2S/c26-16(22-17-12-6-28-7-13(12)23-27-17)11-2-1-3-24(5-11)14-4-15(20-9-19-14)25-10-18-8-21-25/h4,8-11H,1-3,5-7H2,(H,22,26). The first-order chi connectivity index (χ1) is 13.8. The largest absolute Gasteiger partial charge is 0.356 e. The number of anilines is 2. The Hall–Kier alpha value is -2.95. The molecule has 0 saturated carbocycles. The Morgan fingerprint density at radius 1 is 1.25 bits per heavy atom. The number of hydrogen-bond acceptors (Lipinski definition) is 9. The Labute approximate surface area is 164 Å². The number of nitrogens with zero attached hydrogens (tertiary/aromatic N) is 7. The van der Waals surface area contributed by atoms with Crippen molar-refractivity contribution in [1.29, 1.82) is 0 Å². The molecule has 1 unspecified atom stereocenters. The van der Waals surface area contributed by atoms with E-state index in [0.717, 1.165) is 48.0 Å². The lowest BCUT2D eigenvalue weighted by Crippen LogP contribution is -2.41. The van der Waals surface area contributed by atoms with Crippen LogP contribution in [0.1, 0.15) is 24.1 Å². The molecule has 1 fully saturated rings. The van der Waals surface area contributed by atoms with Gasteiger partial charge in [0, 0.05) is 30.7 Å². The molecule has 1 N–H and O–H groups in total. The van der Waals surface area contributed by atoms with Gasteiger partial charge in [-0.1, -0.05) is 5.16 Å². The van der Waals surface area contributed by atoms with Crippen molar-refractivity contribution < 1.29 is 9.32 Å². The van der Waals surface area contributed by atoms with Crippen LogP contribution in [0.2, 0.25) is 0 Å². The van der Waals surface area contributed by atoms with Crippen LogP contribution in [0, 0.1) is 5.92 Å². The van der Waals surface area contributed by atoms with Gasteiger partial charge in [0.25, 0.3) is 0 Å². The first kappa shape index (κ1) is 17.2. The van der Waals surface area contributed by atoms with Crippen LogP contribution in [0.4, 0.5) is 11.7 Å². The molecule has 1 atom stereocenters. The first-order valence-corrected chi connectivity index (χ1v) is 10.2. The van der Waals surface area contributed by atoms with E-state index in [1.165, 1.54) is 12.7 Å². The van der Waals surface area contributed by atoms with Crippen molar-refractivity contribution in [3.05, 3.63) is 36.3 Å². The minimum absolute atomic E-state index is 0.0360. The third-order valence-electron chi connectivity index (χ3n) is 5.00. The molecule has 5 rings (SSSR count). The molecule has 3 aromatic rings. The van der Waals surface area contributed by atoms with Gasteiger partial charge in [-0.25, -0.2) is 19.6 Å². The summed E-state index contributed by atoms with van der Waals surface area (Å²) < 4.78 is 6.91. The van der Waals surface area contributed by atoms with Crippen LogP contribution in [0.25, 0.3) is 5.82 Å². The summed E-state index contributed by atoms with van der Waals surface area (Å²) in [4.78, 5) is 27.5. The molecule has 5 heterocycles. The smallest absolute Gasteiger partial charge is 0.235 e. The van der Waals surface area contributed by atoms with E-state index in [1.54, 1.807) is 22.8 Å². The van der Waals surface area contributed by atoms with Crippen LogP contribution in [0.15, 0.2) is 29.6 Å². The number of nitrogens with one attached hydrogen (secondary N) is 1. The molecular weight excluding hydrogens is 380 g/mol. The fourth-order valence-electron chi connectivity index (χ4n) is 3.53. The van der Waals surface area contributed by atoms with Crippen LogP contribution in [-0.4, -0.2) is 48.9 Å². The molecule has 144 valence electrons. The number of amides is 1. The molecule has 0 bridgehead atoms. The third-order valence-corrected chi connectivity index (χ3v) is 5.97. The second kappa shape index (κ2) is 7.23. The SMILES string of the molecule is O=C(Nc1onc2c1CSC2)C1CCCN(c2cc(-n3cncn3)ncn2)C1. The second-order valence-electron chi connectivity index (χ2n) is 6.78. The van der Waals surface area contributed by atoms with Crippen molar-refractivity contribution in [2.24, 2.45) is 5.92 Å². The number of hydrogen-bond donors (Lipinski definition) is 1. The van der Waals surface area contributed by atoms with Gasteiger partial charge in [0.05, 0.1) is 17.2 Å². The van der Waals surface area contributed by atoms with Gasteiger partial charge in [-0.05, 0) is 12.8 Å². The van der Waals surface area contributed by atoms with Gasteiger partial charge < -0.3 is 9.42 Å². The highest BCUT2D eigenvalue weighted by atomic mass is 32.2. The van der Waals surface area contributed by atoms with E-state index in [-0.39, 0.29) is 11.8 Å². The van der Waals surface area contributed by atoms with Crippen LogP contribution < -0.4 is 10.2 Å². The molecule has 1 amide bonds. The van der Waals surface area contributed by atoms with Gasteiger partial charge in [0.15, 0.2) is 5.82 Å². The molecule has 0 radical (unpaired) electrons. The maximum absolute atomic E-state index is 12.8. The monoisotopic (exact) mass is 398 g/mol. The zero-order chi connectivity index (χ0) is 18.9. The molecule has 3 aromatic heterocycles. The van der Waals surface area contributed by atoms with E-state index < -0.39 is 0 Å². The van der Waals surface area contributed by atoms with E-state index in [4.69, 9.17) is 4.52 Å². The summed E-state index contributed by atoms with van der Waals surface area (Å²) in [5.74, 6) is 3.40. The fourth-order valence-corrected chi connectivity index (χ4v) is 4.55. The predicted octanol–water partition coefficient (Wildman–Crippen LogP) is 1.65. The topological polar surface area (TPSA) is 115 Å². The van der Waals surface area contributed by atoms with Gasteiger partial charge in [0.2, 0.25) is 11.8 Å². The quantitative estimate of drug-likeness (QED) is 0.700. The van der Waals surface area contributed by atoms with E-state index in [9.17, 15) is 4.79 Å². The Kier molecular flexibility index (Phi) is 4.43. The molecule has 11 heteroatoms. The molecule has 2 aliphatic rings. The normalized spacial score (nSPS) is 18.9. The number of fused-ring (bicyclic) bond motifs is 1. The minimum atomic E-state index is -0.145. The third kappa shape index (κ3) is 3.21. The minimum Gasteiger partial charge on any atom is -0.356 e. The van der Waals surface area contributed by atoms with Crippen molar-refractivity contribution in [2.45, 2.75) is 24.3 Å². The number of carbonyl (C=O) groups excluding carboxylic acids is 1. The lowest BCUT2D eigenvalue weighted by Gasteiger charge is -2.32. The van der Waals surface area contributed by atoms with Crippen LogP contribution >= 0.6 is 11.8 Å². The van der Waals surface area contributed by atoms with Gasteiger partial charge in [-0.3, -0.25) is 10.1 Å². The highest BCUT2D eigenvalue weighted by Crippen LogP contribution is 2.35. The highest BCUT2D eigenvalue weighted by molar-refractivity contribution is 7.98. The zero-order valence-electron chi connectivity index (χ0n) is 15.0. The van der Waals surface area contributed by atoms with Gasteiger partial charge in [0.1, 0.15) is 24.8 Å². The van der Waals surface area contributed by atoms with Gasteiger partial charge in [-0.15, -0.1) is 0 Å². The van der Waals surface area contributed by atoms with Crippen molar-refractivity contribution >= 4 is 29.4 Å². The Balaban J connectivity index is 1.29. The molecule has 28 heavy (non-hydrogen) atoms. The number of piperidine rings is 1. The summed E-state index contributed by atoms with van der Waals surface area (Å²) in [6.45, 7) is 1.43. The Bertz CT molecular complexity index is 989. The van der Waals surface area contributed by atoms with Crippen LogP contribution in [0.5, 0.6) is 0 Å². The highest BCUT2D eigenvalue weighted by Gasteiger charge is 2.29. The summed E-state index contributed by atoms with van der Waals surface area (Å²) in [6, 6.07) is 1.86. The fraction of sp³-hybridized carbons (Fsp3) is 0.412. The van der Waals surface area contributed by atoms with Crippen LogP contribution in [0.3, 0.4) is 0 Å². The summed E-state index contributed by atoms with van der Waals surface area (Å²) in [6.07, 6.45) is 6.29. The second-order valence-corrected chi connectivity index (χ2v) is 7.76. The number of rotatable bonds is 4. The number of carbonyl (C=O) groups is 1. The van der Waals surface area contributed by atoms with E-state index in [2.05, 4.69) is 35.4 Å². The molecule has 10 nitrogen and oxygen atoms in total. The van der Waals surface area contributed by atoms with E-state index in [0.29, 0.717) is 18.2 Å². The molecular formula is C17H18N8O2S. The first-order valence-electron chi connectivity index (χ1n) is 9.06. The average molecular weight is 398 g/mol. The van der Waals surface area contributed by atoms with Crippen molar-refractivity contribution in [2.75, 3.05) is 23.3 Å². The Morgan fingerprint density at radius 3 is 3.07 bits per heavy atom. The van der Waals surface area contributed by atoms with Crippen molar-refractivity contribution in [3.63, 3.8) is 0 Å². The zero-order valence-corrected chi connectivity index (χ0v) is 15.8. The number of aromatic nitrogens is 6. The predicted molar refractivity (Wildman–Crippen MR) is 102 cm³/mol. The Morgan fingerprint density at radius 2 is 2.18 bits per heavy atom. The van der Waals surface area contributed by atoms with Gasteiger partial charge in [-0.2, -0.15) is 16.9 Å². The lowest BCUT2D eigenvalue weighted by molar-refractivity contribution is -0.120.